The van der Waals surface area contributed by atoms with Crippen molar-refractivity contribution in [3.63, 3.8) is 0 Å². The Morgan fingerprint density at radius 2 is 2.33 bits per heavy atom. The minimum atomic E-state index is -0.452. The maximum absolute atomic E-state index is 10.8. The summed E-state index contributed by atoms with van der Waals surface area (Å²) in [5.74, 6) is 0.403. The summed E-state index contributed by atoms with van der Waals surface area (Å²) in [5, 5.41) is 0. The number of aromatic nitrogens is 1. The second-order valence-corrected chi connectivity index (χ2v) is 3.76. The fourth-order valence-electron chi connectivity index (χ4n) is 1.71. The Kier molecular flexibility index (Phi) is 2.55. The van der Waals surface area contributed by atoms with Gasteiger partial charge in [-0.1, -0.05) is 0 Å². The molecule has 1 aromatic heterocycles. The van der Waals surface area contributed by atoms with Gasteiger partial charge in [-0.25, -0.2) is 4.98 Å². The first-order valence-corrected chi connectivity index (χ1v) is 4.93. The van der Waals surface area contributed by atoms with Crippen LogP contribution in [-0.2, 0) is 0 Å². The van der Waals surface area contributed by atoms with E-state index >= 15 is 0 Å². The van der Waals surface area contributed by atoms with E-state index in [1.807, 2.05) is 0 Å². The van der Waals surface area contributed by atoms with Gasteiger partial charge in [-0.15, -0.1) is 0 Å². The Bertz CT molecular complexity index is 362. The van der Waals surface area contributed by atoms with Crippen LogP contribution in [0.5, 0.6) is 0 Å². The van der Waals surface area contributed by atoms with E-state index in [0.29, 0.717) is 5.56 Å². The Labute approximate surface area is 88.1 Å². The van der Waals surface area contributed by atoms with Crippen molar-refractivity contribution in [2.45, 2.75) is 12.5 Å². The lowest BCUT2D eigenvalue weighted by Gasteiger charge is -2.16. The third-order valence-electron chi connectivity index (χ3n) is 2.58. The van der Waals surface area contributed by atoms with Crippen molar-refractivity contribution in [1.82, 2.24) is 4.98 Å². The van der Waals surface area contributed by atoms with Crippen molar-refractivity contribution < 1.29 is 4.79 Å². The summed E-state index contributed by atoms with van der Waals surface area (Å²) < 4.78 is 0. The zero-order chi connectivity index (χ0) is 10.8. The zero-order valence-electron chi connectivity index (χ0n) is 8.39. The van der Waals surface area contributed by atoms with E-state index in [1.54, 1.807) is 12.1 Å². The minimum Gasteiger partial charge on any atom is -0.366 e. The molecule has 2 rings (SSSR count). The fraction of sp³-hybridized carbons (Fsp3) is 0.400. The van der Waals surface area contributed by atoms with E-state index < -0.39 is 5.91 Å². The van der Waals surface area contributed by atoms with Crippen LogP contribution in [0.3, 0.4) is 0 Å². The summed E-state index contributed by atoms with van der Waals surface area (Å²) in [6, 6.07) is 3.72. The summed E-state index contributed by atoms with van der Waals surface area (Å²) >= 11 is 0. The third-order valence-corrected chi connectivity index (χ3v) is 2.58. The van der Waals surface area contributed by atoms with Crippen LogP contribution < -0.4 is 16.4 Å². The first-order valence-electron chi connectivity index (χ1n) is 4.93. The predicted octanol–water partition coefficient (Wildman–Crippen LogP) is -0.282. The quantitative estimate of drug-likeness (QED) is 0.696. The van der Waals surface area contributed by atoms with Gasteiger partial charge >= 0.3 is 0 Å². The second-order valence-electron chi connectivity index (χ2n) is 3.76. The van der Waals surface area contributed by atoms with E-state index in [2.05, 4.69) is 9.88 Å². The van der Waals surface area contributed by atoms with Gasteiger partial charge < -0.3 is 16.4 Å². The number of nitrogens with two attached hydrogens (primary N) is 2. The molecular weight excluding hydrogens is 192 g/mol. The van der Waals surface area contributed by atoms with E-state index in [-0.39, 0.29) is 6.04 Å². The van der Waals surface area contributed by atoms with Crippen molar-refractivity contribution in [3.8, 4) is 0 Å². The summed E-state index contributed by atoms with van der Waals surface area (Å²) in [7, 11) is 0. The maximum Gasteiger partial charge on any atom is 0.250 e. The van der Waals surface area contributed by atoms with E-state index in [1.165, 1.54) is 6.20 Å². The first-order chi connectivity index (χ1) is 7.16. The van der Waals surface area contributed by atoms with Gasteiger partial charge in [0.2, 0.25) is 5.91 Å². The van der Waals surface area contributed by atoms with Crippen molar-refractivity contribution in [1.29, 1.82) is 0 Å². The molecule has 0 radical (unpaired) electrons. The number of primary amides is 1. The molecule has 0 unspecified atom stereocenters. The lowest BCUT2D eigenvalue weighted by atomic mass is 10.2. The highest BCUT2D eigenvalue weighted by Gasteiger charge is 2.20. The predicted molar refractivity (Wildman–Crippen MR) is 57.6 cm³/mol. The SMILES string of the molecule is NC(=O)c1ccc(N2CC[C@@H](N)C2)nc1. The smallest absolute Gasteiger partial charge is 0.250 e. The molecule has 15 heavy (non-hydrogen) atoms. The highest BCUT2D eigenvalue weighted by Crippen LogP contribution is 2.16. The molecule has 1 atom stereocenters. The van der Waals surface area contributed by atoms with Crippen LogP contribution in [0.25, 0.3) is 0 Å². The highest BCUT2D eigenvalue weighted by molar-refractivity contribution is 5.92. The molecule has 1 saturated heterocycles. The number of hydrogen-bond donors (Lipinski definition) is 2. The van der Waals surface area contributed by atoms with E-state index in [4.69, 9.17) is 11.5 Å². The van der Waals surface area contributed by atoms with Gasteiger partial charge in [0, 0.05) is 25.3 Å². The average Bonchev–Trinajstić information content (AvgIpc) is 2.65. The van der Waals surface area contributed by atoms with Crippen LogP contribution in [0.2, 0.25) is 0 Å². The number of rotatable bonds is 2. The Morgan fingerprint density at radius 3 is 2.80 bits per heavy atom. The van der Waals surface area contributed by atoms with E-state index in [9.17, 15) is 4.79 Å². The van der Waals surface area contributed by atoms with Gasteiger partial charge in [0.15, 0.2) is 0 Å². The largest absolute Gasteiger partial charge is 0.366 e. The molecule has 4 N–H and O–H groups in total. The number of anilines is 1. The van der Waals surface area contributed by atoms with Crippen LogP contribution in [0.15, 0.2) is 18.3 Å². The average molecular weight is 206 g/mol. The molecule has 5 nitrogen and oxygen atoms in total. The van der Waals surface area contributed by atoms with Gasteiger partial charge in [-0.3, -0.25) is 4.79 Å². The summed E-state index contributed by atoms with van der Waals surface area (Å²) in [6.07, 6.45) is 2.49. The number of carbonyl (C=O) groups is 1. The Balaban J connectivity index is 2.13. The van der Waals surface area contributed by atoms with Crippen molar-refractivity contribution in [2.24, 2.45) is 11.5 Å². The normalized spacial score (nSPS) is 20.6. The lowest BCUT2D eigenvalue weighted by Crippen LogP contribution is -2.26. The molecule has 0 aliphatic carbocycles. The van der Waals surface area contributed by atoms with Gasteiger partial charge in [0.05, 0.1) is 5.56 Å². The number of amides is 1. The number of nitrogens with zero attached hydrogens (tertiary/aromatic N) is 2. The topological polar surface area (TPSA) is 85.2 Å². The molecule has 0 spiro atoms. The highest BCUT2D eigenvalue weighted by atomic mass is 16.1. The summed E-state index contributed by atoms with van der Waals surface area (Å²) in [5.41, 5.74) is 11.4. The van der Waals surface area contributed by atoms with Gasteiger partial charge in [-0.05, 0) is 18.6 Å². The zero-order valence-corrected chi connectivity index (χ0v) is 8.39. The second kappa shape index (κ2) is 3.86. The first kappa shape index (κ1) is 9.92. The molecule has 1 fully saturated rings. The molecule has 0 bridgehead atoms. The lowest BCUT2D eigenvalue weighted by molar-refractivity contribution is 0.1000. The Morgan fingerprint density at radius 1 is 1.53 bits per heavy atom. The summed E-state index contributed by atoms with van der Waals surface area (Å²) in [6.45, 7) is 1.74. The van der Waals surface area contributed by atoms with Gasteiger partial charge in [0.1, 0.15) is 5.82 Å². The van der Waals surface area contributed by atoms with E-state index in [0.717, 1.165) is 25.3 Å². The number of carbonyl (C=O) groups excluding carboxylic acids is 1. The molecule has 0 saturated carbocycles. The molecule has 80 valence electrons. The number of hydrogen-bond acceptors (Lipinski definition) is 4. The molecule has 1 aliphatic rings. The monoisotopic (exact) mass is 206 g/mol. The molecule has 0 aromatic carbocycles. The standard InChI is InChI=1S/C10H14N4O/c11-8-3-4-14(6-8)9-2-1-7(5-13-9)10(12)15/h1-2,5,8H,3-4,6,11H2,(H2,12,15)/t8-/m1/s1. The van der Waals surface area contributed by atoms with Crippen LogP contribution in [0.4, 0.5) is 5.82 Å². The van der Waals surface area contributed by atoms with Crippen molar-refractivity contribution >= 4 is 11.7 Å². The van der Waals surface area contributed by atoms with Gasteiger partial charge in [0.25, 0.3) is 0 Å². The fourth-order valence-corrected chi connectivity index (χ4v) is 1.71. The summed E-state index contributed by atoms with van der Waals surface area (Å²) in [4.78, 5) is 17.1. The third kappa shape index (κ3) is 2.07. The molecule has 1 amide bonds. The van der Waals surface area contributed by atoms with Crippen LogP contribution in [-0.4, -0.2) is 30.0 Å². The molecule has 5 heteroatoms. The maximum atomic E-state index is 10.8. The molecule has 1 aliphatic heterocycles. The molecule has 2 heterocycles. The van der Waals surface area contributed by atoms with Crippen LogP contribution in [0, 0.1) is 0 Å². The molecule has 1 aromatic rings. The minimum absolute atomic E-state index is 0.225. The number of pyridine rings is 1. The molecular formula is C10H14N4O. The van der Waals surface area contributed by atoms with Crippen LogP contribution >= 0.6 is 0 Å². The van der Waals surface area contributed by atoms with Crippen molar-refractivity contribution in [2.75, 3.05) is 18.0 Å². The van der Waals surface area contributed by atoms with Crippen molar-refractivity contribution in [3.05, 3.63) is 23.9 Å². The Hall–Kier alpha value is -1.62. The van der Waals surface area contributed by atoms with Gasteiger partial charge in [-0.2, -0.15) is 0 Å². The van der Waals surface area contributed by atoms with Crippen LogP contribution in [0.1, 0.15) is 16.8 Å².